The van der Waals surface area contributed by atoms with Crippen molar-refractivity contribution in [1.29, 1.82) is 0 Å². The average molecular weight is 312 g/mol. The minimum Gasteiger partial charge on any atom is -0.306 e. The maximum absolute atomic E-state index is 5.95. The molecular formula is C18H18ClN3. The van der Waals surface area contributed by atoms with Gasteiger partial charge in [-0.05, 0) is 30.2 Å². The van der Waals surface area contributed by atoms with E-state index in [0.29, 0.717) is 0 Å². The Morgan fingerprint density at radius 3 is 2.55 bits per heavy atom. The standard InChI is InChI=1S/C18H18ClN3/c1-13(14-5-3-2-4-6-14)20-11-16-12-21-22-18(16)15-7-9-17(19)10-8-15/h2-10,12-13,20H,11H2,1H3,(H,21,22). The first kappa shape index (κ1) is 14.8. The smallest absolute Gasteiger partial charge is 0.0695 e. The van der Waals surface area contributed by atoms with E-state index in [2.05, 4.69) is 46.7 Å². The molecule has 22 heavy (non-hydrogen) atoms. The Balaban J connectivity index is 1.72. The predicted molar refractivity (Wildman–Crippen MR) is 90.7 cm³/mol. The summed E-state index contributed by atoms with van der Waals surface area (Å²) in [5.74, 6) is 0. The van der Waals surface area contributed by atoms with Crippen molar-refractivity contribution >= 4 is 11.6 Å². The van der Waals surface area contributed by atoms with E-state index in [-0.39, 0.29) is 6.04 Å². The van der Waals surface area contributed by atoms with Gasteiger partial charge in [0.25, 0.3) is 0 Å². The highest BCUT2D eigenvalue weighted by molar-refractivity contribution is 6.30. The van der Waals surface area contributed by atoms with Crippen LogP contribution in [-0.2, 0) is 6.54 Å². The number of aromatic amines is 1. The van der Waals surface area contributed by atoms with E-state index in [1.165, 1.54) is 5.56 Å². The number of aromatic nitrogens is 2. The highest BCUT2D eigenvalue weighted by Gasteiger charge is 2.10. The highest BCUT2D eigenvalue weighted by Crippen LogP contribution is 2.23. The quantitative estimate of drug-likeness (QED) is 0.724. The van der Waals surface area contributed by atoms with Gasteiger partial charge in [0.1, 0.15) is 0 Å². The number of hydrogen-bond acceptors (Lipinski definition) is 2. The molecule has 3 aromatic rings. The fourth-order valence-corrected chi connectivity index (χ4v) is 2.56. The molecule has 1 atom stereocenters. The first-order chi connectivity index (χ1) is 10.7. The van der Waals surface area contributed by atoms with Crippen LogP contribution < -0.4 is 5.32 Å². The maximum atomic E-state index is 5.95. The molecule has 3 nitrogen and oxygen atoms in total. The summed E-state index contributed by atoms with van der Waals surface area (Å²) in [7, 11) is 0. The molecule has 0 saturated carbocycles. The second-order valence-electron chi connectivity index (χ2n) is 5.29. The lowest BCUT2D eigenvalue weighted by Gasteiger charge is -2.14. The molecule has 0 bridgehead atoms. The number of hydrogen-bond donors (Lipinski definition) is 2. The van der Waals surface area contributed by atoms with Gasteiger partial charge in [0.05, 0.1) is 11.9 Å². The van der Waals surface area contributed by atoms with Gasteiger partial charge in [-0.3, -0.25) is 5.10 Å². The molecule has 0 aliphatic rings. The normalized spacial score (nSPS) is 12.3. The van der Waals surface area contributed by atoms with Crippen LogP contribution in [0.2, 0.25) is 5.02 Å². The Kier molecular flexibility index (Phi) is 4.56. The van der Waals surface area contributed by atoms with Crippen molar-refractivity contribution in [2.24, 2.45) is 0 Å². The van der Waals surface area contributed by atoms with E-state index < -0.39 is 0 Å². The van der Waals surface area contributed by atoms with E-state index in [1.54, 1.807) is 0 Å². The highest BCUT2D eigenvalue weighted by atomic mass is 35.5. The number of benzene rings is 2. The summed E-state index contributed by atoms with van der Waals surface area (Å²) in [6.45, 7) is 2.92. The zero-order valence-corrected chi connectivity index (χ0v) is 13.1. The molecule has 2 aromatic carbocycles. The van der Waals surface area contributed by atoms with Gasteiger partial charge in [-0.15, -0.1) is 0 Å². The van der Waals surface area contributed by atoms with Crippen LogP contribution in [0.3, 0.4) is 0 Å². The number of rotatable bonds is 5. The lowest BCUT2D eigenvalue weighted by molar-refractivity contribution is 0.575. The van der Waals surface area contributed by atoms with Crippen molar-refractivity contribution in [3.05, 3.63) is 76.9 Å². The van der Waals surface area contributed by atoms with Crippen LogP contribution in [0.25, 0.3) is 11.3 Å². The summed E-state index contributed by atoms with van der Waals surface area (Å²) in [4.78, 5) is 0. The molecule has 0 saturated heterocycles. The predicted octanol–water partition coefficient (Wildman–Crippen LogP) is 4.58. The molecule has 2 N–H and O–H groups in total. The Bertz CT molecular complexity index is 720. The van der Waals surface area contributed by atoms with E-state index in [0.717, 1.165) is 28.4 Å². The zero-order chi connectivity index (χ0) is 15.4. The SMILES string of the molecule is CC(NCc1cn[nH]c1-c1ccc(Cl)cc1)c1ccccc1. The van der Waals surface area contributed by atoms with Crippen molar-refractivity contribution in [2.45, 2.75) is 19.5 Å². The molecule has 0 radical (unpaired) electrons. The molecule has 1 aromatic heterocycles. The van der Waals surface area contributed by atoms with E-state index >= 15 is 0 Å². The number of nitrogens with zero attached hydrogens (tertiary/aromatic N) is 1. The Labute approximate surface area is 135 Å². The molecule has 112 valence electrons. The van der Waals surface area contributed by atoms with E-state index in [4.69, 9.17) is 11.6 Å². The van der Waals surface area contributed by atoms with Gasteiger partial charge in [-0.1, -0.05) is 54.1 Å². The van der Waals surface area contributed by atoms with Crippen LogP contribution in [0, 0.1) is 0 Å². The minimum absolute atomic E-state index is 0.286. The largest absolute Gasteiger partial charge is 0.306 e. The fraction of sp³-hybridized carbons (Fsp3) is 0.167. The summed E-state index contributed by atoms with van der Waals surface area (Å²) in [5, 5.41) is 11.5. The van der Waals surface area contributed by atoms with Gasteiger partial charge < -0.3 is 5.32 Å². The fourth-order valence-electron chi connectivity index (χ4n) is 2.43. The van der Waals surface area contributed by atoms with Crippen molar-refractivity contribution in [3.8, 4) is 11.3 Å². The number of H-pyrrole nitrogens is 1. The molecule has 3 rings (SSSR count). The minimum atomic E-state index is 0.286. The molecule has 0 amide bonds. The molecular weight excluding hydrogens is 294 g/mol. The topological polar surface area (TPSA) is 40.7 Å². The monoisotopic (exact) mass is 311 g/mol. The average Bonchev–Trinajstić information content (AvgIpc) is 3.02. The van der Waals surface area contributed by atoms with Crippen molar-refractivity contribution in [1.82, 2.24) is 15.5 Å². The van der Waals surface area contributed by atoms with Crippen molar-refractivity contribution in [2.75, 3.05) is 0 Å². The number of halogens is 1. The van der Waals surface area contributed by atoms with Gasteiger partial charge in [-0.2, -0.15) is 5.10 Å². The van der Waals surface area contributed by atoms with Gasteiger partial charge in [-0.25, -0.2) is 0 Å². The van der Waals surface area contributed by atoms with Crippen LogP contribution in [0.1, 0.15) is 24.1 Å². The Morgan fingerprint density at radius 2 is 1.82 bits per heavy atom. The van der Waals surface area contributed by atoms with Crippen LogP contribution >= 0.6 is 11.6 Å². The summed E-state index contributed by atoms with van der Waals surface area (Å²) in [5.41, 5.74) is 4.54. The second-order valence-corrected chi connectivity index (χ2v) is 5.73. The Hall–Kier alpha value is -2.10. The van der Waals surface area contributed by atoms with Crippen LogP contribution in [0.15, 0.2) is 60.8 Å². The molecule has 1 heterocycles. The van der Waals surface area contributed by atoms with Gasteiger partial charge in [0.2, 0.25) is 0 Å². The third kappa shape index (κ3) is 3.38. The van der Waals surface area contributed by atoms with E-state index in [9.17, 15) is 0 Å². The van der Waals surface area contributed by atoms with E-state index in [1.807, 2.05) is 36.5 Å². The summed E-state index contributed by atoms with van der Waals surface area (Å²) in [6.07, 6.45) is 1.87. The Morgan fingerprint density at radius 1 is 1.09 bits per heavy atom. The van der Waals surface area contributed by atoms with Crippen molar-refractivity contribution in [3.63, 3.8) is 0 Å². The molecule has 4 heteroatoms. The van der Waals surface area contributed by atoms with Crippen LogP contribution in [0.5, 0.6) is 0 Å². The van der Waals surface area contributed by atoms with Crippen molar-refractivity contribution < 1.29 is 0 Å². The lowest BCUT2D eigenvalue weighted by Crippen LogP contribution is -2.18. The summed E-state index contributed by atoms with van der Waals surface area (Å²) in [6, 6.07) is 18.5. The number of nitrogens with one attached hydrogen (secondary N) is 2. The first-order valence-corrected chi connectivity index (χ1v) is 7.68. The van der Waals surface area contributed by atoms with Gasteiger partial charge >= 0.3 is 0 Å². The maximum Gasteiger partial charge on any atom is 0.0695 e. The second kappa shape index (κ2) is 6.77. The van der Waals surface area contributed by atoms with Gasteiger partial charge in [0.15, 0.2) is 0 Å². The third-order valence-electron chi connectivity index (χ3n) is 3.75. The molecule has 0 aliphatic heterocycles. The summed E-state index contributed by atoms with van der Waals surface area (Å²) < 4.78 is 0. The zero-order valence-electron chi connectivity index (χ0n) is 12.4. The molecule has 0 aliphatic carbocycles. The molecule has 1 unspecified atom stereocenters. The van der Waals surface area contributed by atoms with Crippen LogP contribution in [-0.4, -0.2) is 10.2 Å². The van der Waals surface area contributed by atoms with Gasteiger partial charge in [0, 0.05) is 23.2 Å². The van der Waals surface area contributed by atoms with Crippen LogP contribution in [0.4, 0.5) is 0 Å². The molecule has 0 spiro atoms. The molecule has 0 fully saturated rings. The third-order valence-corrected chi connectivity index (χ3v) is 4.00. The lowest BCUT2D eigenvalue weighted by atomic mass is 10.1. The first-order valence-electron chi connectivity index (χ1n) is 7.30. The summed E-state index contributed by atoms with van der Waals surface area (Å²) >= 11 is 5.95.